The summed E-state index contributed by atoms with van der Waals surface area (Å²) in [6.45, 7) is 0. The highest BCUT2D eigenvalue weighted by Gasteiger charge is 2.08. The van der Waals surface area contributed by atoms with E-state index in [1.54, 1.807) is 0 Å². The monoisotopic (exact) mass is 384 g/mol. The van der Waals surface area contributed by atoms with Gasteiger partial charge in [0.05, 0.1) is 0 Å². The molecule has 0 nitrogen and oxygen atoms in total. The molecule has 4 aromatic rings. The Kier molecular flexibility index (Phi) is 2.83. The van der Waals surface area contributed by atoms with E-state index in [0.29, 0.717) is 0 Å². The molecule has 0 unspecified atom stereocenters. The summed E-state index contributed by atoms with van der Waals surface area (Å²) in [6, 6.07) is 21.6. The van der Waals surface area contributed by atoms with E-state index < -0.39 is 0 Å². The van der Waals surface area contributed by atoms with Crippen LogP contribution in [-0.2, 0) is 0 Å². The summed E-state index contributed by atoms with van der Waals surface area (Å²) in [7, 11) is 0. The molecule has 20 heavy (non-hydrogen) atoms. The summed E-state index contributed by atoms with van der Waals surface area (Å²) < 4.78 is 2.23. The van der Waals surface area contributed by atoms with Gasteiger partial charge in [-0.05, 0) is 56.6 Å². The zero-order chi connectivity index (χ0) is 13.7. The standard InChI is InChI=1S/C18H10Br2/c19-11-5-7-15-13-3-1-2-4-14(13)17-9-12(20)6-8-16(17)18(15)10-11/h1-10H. The quantitative estimate of drug-likeness (QED) is 0.296. The van der Waals surface area contributed by atoms with E-state index in [2.05, 4.69) is 92.5 Å². The van der Waals surface area contributed by atoms with Crippen molar-refractivity contribution in [3.63, 3.8) is 0 Å². The van der Waals surface area contributed by atoms with Crippen molar-refractivity contribution in [2.45, 2.75) is 0 Å². The van der Waals surface area contributed by atoms with Gasteiger partial charge in [-0.2, -0.15) is 0 Å². The number of halogens is 2. The first-order valence-electron chi connectivity index (χ1n) is 6.43. The van der Waals surface area contributed by atoms with Crippen LogP contribution in [0.2, 0.25) is 0 Å². The Bertz CT molecular complexity index is 933. The molecule has 0 N–H and O–H groups in total. The van der Waals surface area contributed by atoms with Crippen molar-refractivity contribution in [3.8, 4) is 0 Å². The average Bonchev–Trinajstić information content (AvgIpc) is 2.47. The predicted molar refractivity (Wildman–Crippen MR) is 94.4 cm³/mol. The molecular formula is C18H10Br2. The van der Waals surface area contributed by atoms with E-state index in [9.17, 15) is 0 Å². The smallest absolute Gasteiger partial charge is 0.0181 e. The molecule has 0 aliphatic heterocycles. The fourth-order valence-corrected chi connectivity index (χ4v) is 3.62. The maximum Gasteiger partial charge on any atom is 0.0181 e. The van der Waals surface area contributed by atoms with Crippen LogP contribution in [0.25, 0.3) is 32.3 Å². The van der Waals surface area contributed by atoms with Gasteiger partial charge in [0, 0.05) is 8.95 Å². The molecule has 0 saturated heterocycles. The van der Waals surface area contributed by atoms with Crippen molar-refractivity contribution in [3.05, 3.63) is 69.6 Å². The fourth-order valence-electron chi connectivity index (χ4n) is 2.90. The third-order valence-electron chi connectivity index (χ3n) is 3.76. The average molecular weight is 386 g/mol. The first-order chi connectivity index (χ1) is 9.74. The zero-order valence-electron chi connectivity index (χ0n) is 10.5. The molecule has 0 amide bonds. The first-order valence-corrected chi connectivity index (χ1v) is 8.02. The van der Waals surface area contributed by atoms with Crippen LogP contribution in [0.4, 0.5) is 0 Å². The maximum atomic E-state index is 3.59. The zero-order valence-corrected chi connectivity index (χ0v) is 13.7. The number of fused-ring (bicyclic) bond motifs is 6. The highest BCUT2D eigenvalue weighted by atomic mass is 79.9. The minimum atomic E-state index is 1.12. The van der Waals surface area contributed by atoms with Crippen molar-refractivity contribution in [1.82, 2.24) is 0 Å². The topological polar surface area (TPSA) is 0 Å². The van der Waals surface area contributed by atoms with Gasteiger partial charge in [0.15, 0.2) is 0 Å². The van der Waals surface area contributed by atoms with Crippen LogP contribution in [0, 0.1) is 0 Å². The van der Waals surface area contributed by atoms with Crippen LogP contribution in [-0.4, -0.2) is 0 Å². The van der Waals surface area contributed by atoms with Crippen molar-refractivity contribution in [2.24, 2.45) is 0 Å². The van der Waals surface area contributed by atoms with Gasteiger partial charge in [0.25, 0.3) is 0 Å². The number of hydrogen-bond acceptors (Lipinski definition) is 0. The normalized spacial score (nSPS) is 11.5. The van der Waals surface area contributed by atoms with Gasteiger partial charge in [-0.15, -0.1) is 0 Å². The Hall–Kier alpha value is -1.38. The summed E-state index contributed by atoms with van der Waals surface area (Å²) >= 11 is 7.17. The molecule has 0 aliphatic carbocycles. The molecule has 0 spiro atoms. The van der Waals surface area contributed by atoms with Crippen LogP contribution >= 0.6 is 31.9 Å². The summed E-state index contributed by atoms with van der Waals surface area (Å²) in [5, 5.41) is 7.79. The second-order valence-electron chi connectivity index (χ2n) is 4.93. The van der Waals surface area contributed by atoms with Gasteiger partial charge in [-0.1, -0.05) is 68.3 Å². The lowest BCUT2D eigenvalue weighted by atomic mass is 9.94. The minimum absolute atomic E-state index is 1.12. The number of hydrogen-bond donors (Lipinski definition) is 0. The Labute approximate surface area is 133 Å². The van der Waals surface area contributed by atoms with E-state index in [4.69, 9.17) is 0 Å². The largest absolute Gasteiger partial charge is 0.0616 e. The van der Waals surface area contributed by atoms with Gasteiger partial charge in [-0.3, -0.25) is 0 Å². The number of rotatable bonds is 0. The summed E-state index contributed by atoms with van der Waals surface area (Å²) in [5.41, 5.74) is 0. The second kappa shape index (κ2) is 4.57. The highest BCUT2D eigenvalue weighted by Crippen LogP contribution is 2.37. The lowest BCUT2D eigenvalue weighted by molar-refractivity contribution is 1.71. The molecule has 0 saturated carbocycles. The summed E-state index contributed by atoms with van der Waals surface area (Å²) in [6.07, 6.45) is 0. The molecule has 4 rings (SSSR count). The lowest BCUT2D eigenvalue weighted by Gasteiger charge is -2.11. The molecule has 0 heterocycles. The maximum absolute atomic E-state index is 3.59. The van der Waals surface area contributed by atoms with E-state index in [1.807, 2.05) is 0 Å². The first kappa shape index (κ1) is 12.4. The van der Waals surface area contributed by atoms with Crippen molar-refractivity contribution < 1.29 is 0 Å². The van der Waals surface area contributed by atoms with E-state index in [1.165, 1.54) is 32.3 Å². The van der Waals surface area contributed by atoms with Crippen molar-refractivity contribution in [1.29, 1.82) is 0 Å². The van der Waals surface area contributed by atoms with Crippen LogP contribution in [0.5, 0.6) is 0 Å². The molecule has 0 bridgehead atoms. The van der Waals surface area contributed by atoms with Crippen LogP contribution in [0.1, 0.15) is 0 Å². The Morgan fingerprint density at radius 2 is 0.850 bits per heavy atom. The lowest BCUT2D eigenvalue weighted by Crippen LogP contribution is -1.83. The summed E-state index contributed by atoms with van der Waals surface area (Å²) in [5.74, 6) is 0. The van der Waals surface area contributed by atoms with Gasteiger partial charge in [-0.25, -0.2) is 0 Å². The predicted octanol–water partition coefficient (Wildman–Crippen LogP) is 6.67. The van der Waals surface area contributed by atoms with Crippen LogP contribution in [0.15, 0.2) is 69.6 Å². The Balaban J connectivity index is 2.40. The van der Waals surface area contributed by atoms with E-state index in [0.717, 1.165) is 8.95 Å². The molecule has 4 aromatic carbocycles. The second-order valence-corrected chi connectivity index (χ2v) is 6.76. The molecule has 0 aliphatic rings. The third-order valence-corrected chi connectivity index (χ3v) is 4.75. The minimum Gasteiger partial charge on any atom is -0.0616 e. The van der Waals surface area contributed by atoms with Gasteiger partial charge in [0.1, 0.15) is 0 Å². The molecule has 96 valence electrons. The van der Waals surface area contributed by atoms with Gasteiger partial charge >= 0.3 is 0 Å². The Morgan fingerprint density at radius 1 is 0.450 bits per heavy atom. The highest BCUT2D eigenvalue weighted by molar-refractivity contribution is 9.10. The molecule has 0 aromatic heterocycles. The van der Waals surface area contributed by atoms with E-state index in [-0.39, 0.29) is 0 Å². The van der Waals surface area contributed by atoms with Crippen molar-refractivity contribution >= 4 is 64.2 Å². The van der Waals surface area contributed by atoms with Gasteiger partial charge < -0.3 is 0 Å². The molecule has 0 radical (unpaired) electrons. The third kappa shape index (κ3) is 1.79. The Morgan fingerprint density at radius 3 is 1.40 bits per heavy atom. The molecule has 2 heteroatoms. The van der Waals surface area contributed by atoms with Crippen LogP contribution in [0.3, 0.4) is 0 Å². The summed E-state index contributed by atoms with van der Waals surface area (Å²) in [4.78, 5) is 0. The SMILES string of the molecule is Brc1ccc2c(c1)c1ccccc1c1ccc(Br)cc12. The molecule has 0 atom stereocenters. The molecular weight excluding hydrogens is 376 g/mol. The molecule has 0 fully saturated rings. The van der Waals surface area contributed by atoms with Crippen molar-refractivity contribution in [2.75, 3.05) is 0 Å². The van der Waals surface area contributed by atoms with Crippen LogP contribution < -0.4 is 0 Å². The number of benzene rings is 4. The van der Waals surface area contributed by atoms with E-state index >= 15 is 0 Å². The van der Waals surface area contributed by atoms with Gasteiger partial charge in [0.2, 0.25) is 0 Å². The fraction of sp³-hybridized carbons (Fsp3) is 0.